The average molecular weight is 277 g/mol. The van der Waals surface area contributed by atoms with Crippen molar-refractivity contribution in [2.75, 3.05) is 33.0 Å². The van der Waals surface area contributed by atoms with Crippen LogP contribution in [0.5, 0.6) is 5.75 Å². The molecule has 5 heteroatoms. The molecule has 1 aliphatic heterocycles. The average Bonchev–Trinajstić information content (AvgIpc) is 2.47. The molecule has 1 fully saturated rings. The number of rotatable bonds is 4. The largest absolute Gasteiger partial charge is 0.496 e. The monoisotopic (exact) mass is 277 g/mol. The van der Waals surface area contributed by atoms with Crippen LogP contribution in [-0.2, 0) is 11.3 Å². The van der Waals surface area contributed by atoms with Crippen LogP contribution in [0, 0.1) is 5.92 Å². The van der Waals surface area contributed by atoms with Gasteiger partial charge in [-0.15, -0.1) is 0 Å². The summed E-state index contributed by atoms with van der Waals surface area (Å²) < 4.78 is 5.37. The predicted molar refractivity (Wildman–Crippen MR) is 79.5 cm³/mol. The lowest BCUT2D eigenvalue weighted by Gasteiger charge is -2.31. The van der Waals surface area contributed by atoms with Crippen LogP contribution in [0.4, 0.5) is 5.69 Å². The van der Waals surface area contributed by atoms with E-state index in [1.165, 1.54) is 0 Å². The number of benzene rings is 1. The number of nitrogens with one attached hydrogen (secondary N) is 1. The summed E-state index contributed by atoms with van der Waals surface area (Å²) in [5, 5.41) is 2.73. The zero-order valence-corrected chi connectivity index (χ0v) is 12.2. The van der Waals surface area contributed by atoms with Gasteiger partial charge in [0.25, 0.3) is 0 Å². The van der Waals surface area contributed by atoms with Crippen molar-refractivity contribution in [1.29, 1.82) is 0 Å². The number of carbonyl (C=O) groups is 1. The first-order valence-corrected chi connectivity index (χ1v) is 7.00. The maximum absolute atomic E-state index is 11.6. The third kappa shape index (κ3) is 3.42. The van der Waals surface area contributed by atoms with E-state index < -0.39 is 0 Å². The van der Waals surface area contributed by atoms with Crippen LogP contribution in [0.3, 0.4) is 0 Å². The Hall–Kier alpha value is -1.75. The quantitative estimate of drug-likeness (QED) is 0.812. The number of methoxy groups -OCH3 is 1. The Kier molecular flexibility index (Phi) is 4.84. The SMILES string of the molecule is CNC(=O)C1CCN(Cc2cc(N)ccc2OC)CC1. The fourth-order valence-corrected chi connectivity index (χ4v) is 2.72. The number of hydrogen-bond donors (Lipinski definition) is 2. The Bertz CT molecular complexity index is 468. The molecule has 1 amide bonds. The Morgan fingerprint density at radius 1 is 1.45 bits per heavy atom. The molecule has 1 heterocycles. The second kappa shape index (κ2) is 6.61. The van der Waals surface area contributed by atoms with E-state index in [0.717, 1.165) is 49.5 Å². The lowest BCUT2D eigenvalue weighted by atomic mass is 9.95. The molecule has 1 aliphatic rings. The Balaban J connectivity index is 1.96. The molecule has 0 unspecified atom stereocenters. The highest BCUT2D eigenvalue weighted by Crippen LogP contribution is 2.25. The predicted octanol–water partition coefficient (Wildman–Crippen LogP) is 1.24. The van der Waals surface area contributed by atoms with Gasteiger partial charge in [-0.25, -0.2) is 0 Å². The lowest BCUT2D eigenvalue weighted by Crippen LogP contribution is -2.39. The normalized spacial score (nSPS) is 16.9. The molecular weight excluding hydrogens is 254 g/mol. The Morgan fingerprint density at radius 2 is 2.15 bits per heavy atom. The number of amides is 1. The van der Waals surface area contributed by atoms with Gasteiger partial charge in [0.15, 0.2) is 0 Å². The van der Waals surface area contributed by atoms with Gasteiger partial charge in [0.2, 0.25) is 5.91 Å². The van der Waals surface area contributed by atoms with E-state index in [2.05, 4.69) is 10.2 Å². The minimum Gasteiger partial charge on any atom is -0.496 e. The van der Waals surface area contributed by atoms with Crippen molar-refractivity contribution < 1.29 is 9.53 Å². The van der Waals surface area contributed by atoms with Crippen molar-refractivity contribution >= 4 is 11.6 Å². The van der Waals surface area contributed by atoms with Crippen LogP contribution in [0.15, 0.2) is 18.2 Å². The summed E-state index contributed by atoms with van der Waals surface area (Å²) >= 11 is 0. The van der Waals surface area contributed by atoms with Gasteiger partial charge in [0.1, 0.15) is 5.75 Å². The van der Waals surface area contributed by atoms with E-state index in [1.807, 2.05) is 18.2 Å². The van der Waals surface area contributed by atoms with Gasteiger partial charge in [0, 0.05) is 30.8 Å². The number of likely N-dealkylation sites (tertiary alicyclic amines) is 1. The van der Waals surface area contributed by atoms with Gasteiger partial charge in [-0.3, -0.25) is 9.69 Å². The van der Waals surface area contributed by atoms with Crippen molar-refractivity contribution in [1.82, 2.24) is 10.2 Å². The summed E-state index contributed by atoms with van der Waals surface area (Å²) in [6.07, 6.45) is 1.81. The van der Waals surface area contributed by atoms with Crippen molar-refractivity contribution in [3.63, 3.8) is 0 Å². The molecule has 3 N–H and O–H groups in total. The Labute approximate surface area is 120 Å². The standard InChI is InChI=1S/C15H23N3O2/c1-17-15(19)11-5-7-18(8-6-11)10-12-9-13(16)3-4-14(12)20-2/h3-4,9,11H,5-8,10,16H2,1-2H3,(H,17,19). The number of carbonyl (C=O) groups excluding carboxylic acids is 1. The fraction of sp³-hybridized carbons (Fsp3) is 0.533. The highest BCUT2D eigenvalue weighted by Gasteiger charge is 2.24. The van der Waals surface area contributed by atoms with E-state index in [4.69, 9.17) is 10.5 Å². The summed E-state index contributed by atoms with van der Waals surface area (Å²) in [5.74, 6) is 1.18. The van der Waals surface area contributed by atoms with E-state index in [1.54, 1.807) is 14.2 Å². The molecule has 0 saturated carbocycles. The molecule has 0 radical (unpaired) electrons. The van der Waals surface area contributed by atoms with E-state index >= 15 is 0 Å². The second-order valence-electron chi connectivity index (χ2n) is 5.24. The van der Waals surface area contributed by atoms with Gasteiger partial charge in [0.05, 0.1) is 7.11 Å². The molecule has 20 heavy (non-hydrogen) atoms. The highest BCUT2D eigenvalue weighted by atomic mass is 16.5. The van der Waals surface area contributed by atoms with Crippen molar-refractivity contribution in [3.8, 4) is 5.75 Å². The molecule has 0 aliphatic carbocycles. The number of hydrogen-bond acceptors (Lipinski definition) is 4. The number of nitrogen functional groups attached to an aromatic ring is 1. The van der Waals surface area contributed by atoms with E-state index in [-0.39, 0.29) is 11.8 Å². The van der Waals surface area contributed by atoms with Crippen LogP contribution >= 0.6 is 0 Å². The summed E-state index contributed by atoms with van der Waals surface area (Å²) in [4.78, 5) is 14.0. The first-order valence-electron chi connectivity index (χ1n) is 7.00. The van der Waals surface area contributed by atoms with Gasteiger partial charge in [-0.1, -0.05) is 0 Å². The molecule has 0 bridgehead atoms. The van der Waals surface area contributed by atoms with Crippen molar-refractivity contribution in [2.24, 2.45) is 5.92 Å². The van der Waals surface area contributed by atoms with Gasteiger partial charge in [-0.2, -0.15) is 0 Å². The van der Waals surface area contributed by atoms with Gasteiger partial charge < -0.3 is 15.8 Å². The molecular formula is C15H23N3O2. The summed E-state index contributed by atoms with van der Waals surface area (Å²) in [7, 11) is 3.37. The zero-order valence-electron chi connectivity index (χ0n) is 12.2. The first-order chi connectivity index (χ1) is 9.63. The highest BCUT2D eigenvalue weighted by molar-refractivity contribution is 5.78. The lowest BCUT2D eigenvalue weighted by molar-refractivity contribution is -0.125. The fourth-order valence-electron chi connectivity index (χ4n) is 2.72. The molecule has 5 nitrogen and oxygen atoms in total. The Morgan fingerprint density at radius 3 is 2.75 bits per heavy atom. The van der Waals surface area contributed by atoms with E-state index in [9.17, 15) is 4.79 Å². The summed E-state index contributed by atoms with van der Waals surface area (Å²) in [6, 6.07) is 5.71. The second-order valence-corrected chi connectivity index (χ2v) is 5.24. The van der Waals surface area contributed by atoms with Crippen LogP contribution in [0.25, 0.3) is 0 Å². The minimum atomic E-state index is 0.152. The van der Waals surface area contributed by atoms with Crippen LogP contribution in [0.2, 0.25) is 0 Å². The van der Waals surface area contributed by atoms with Crippen molar-refractivity contribution in [2.45, 2.75) is 19.4 Å². The van der Waals surface area contributed by atoms with Crippen LogP contribution in [0.1, 0.15) is 18.4 Å². The summed E-state index contributed by atoms with van der Waals surface area (Å²) in [5.41, 5.74) is 7.69. The third-order valence-corrected chi connectivity index (χ3v) is 3.90. The zero-order chi connectivity index (χ0) is 14.5. The number of piperidine rings is 1. The molecule has 1 aromatic carbocycles. The smallest absolute Gasteiger partial charge is 0.222 e. The van der Waals surface area contributed by atoms with Gasteiger partial charge >= 0.3 is 0 Å². The maximum Gasteiger partial charge on any atom is 0.222 e. The molecule has 1 saturated heterocycles. The first kappa shape index (κ1) is 14.7. The minimum absolute atomic E-state index is 0.152. The topological polar surface area (TPSA) is 67.6 Å². The number of nitrogens with zero attached hydrogens (tertiary/aromatic N) is 1. The van der Waals surface area contributed by atoms with Gasteiger partial charge in [-0.05, 0) is 44.1 Å². The molecule has 2 rings (SSSR count). The molecule has 110 valence electrons. The summed E-state index contributed by atoms with van der Waals surface area (Å²) in [6.45, 7) is 2.67. The molecule has 0 spiro atoms. The number of ether oxygens (including phenoxy) is 1. The number of nitrogens with two attached hydrogens (primary N) is 1. The molecule has 1 aromatic rings. The van der Waals surface area contributed by atoms with E-state index in [0.29, 0.717) is 0 Å². The number of anilines is 1. The van der Waals surface area contributed by atoms with Crippen molar-refractivity contribution in [3.05, 3.63) is 23.8 Å². The maximum atomic E-state index is 11.6. The van der Waals surface area contributed by atoms with Crippen LogP contribution < -0.4 is 15.8 Å². The third-order valence-electron chi connectivity index (χ3n) is 3.90. The van der Waals surface area contributed by atoms with Crippen LogP contribution in [-0.4, -0.2) is 38.1 Å². The molecule has 0 aromatic heterocycles. The molecule has 0 atom stereocenters.